The zero-order chi connectivity index (χ0) is 19.9. The van der Waals surface area contributed by atoms with Gasteiger partial charge in [0.25, 0.3) is 5.91 Å². The second kappa shape index (κ2) is 8.99. The molecule has 0 aliphatic rings. The summed E-state index contributed by atoms with van der Waals surface area (Å²) in [5.41, 5.74) is 2.07. The molecule has 0 fully saturated rings. The molecule has 0 aliphatic heterocycles. The number of hydrogen-bond acceptors (Lipinski definition) is 4. The first kappa shape index (κ1) is 19.4. The van der Waals surface area contributed by atoms with Gasteiger partial charge in [-0.1, -0.05) is 24.3 Å². The molecule has 0 saturated heterocycles. The van der Waals surface area contributed by atoms with E-state index in [1.54, 1.807) is 30.5 Å². The van der Waals surface area contributed by atoms with Crippen molar-refractivity contribution in [3.8, 4) is 5.75 Å². The molecule has 0 atom stereocenters. The van der Waals surface area contributed by atoms with Gasteiger partial charge in [0, 0.05) is 18.3 Å². The molecule has 0 spiro atoms. The predicted molar refractivity (Wildman–Crippen MR) is 107 cm³/mol. The Morgan fingerprint density at radius 1 is 1.11 bits per heavy atom. The fourth-order valence-corrected chi connectivity index (χ4v) is 2.59. The van der Waals surface area contributed by atoms with Crippen LogP contribution in [0.1, 0.15) is 29.8 Å². The summed E-state index contributed by atoms with van der Waals surface area (Å²) >= 11 is 0. The first-order valence-corrected chi connectivity index (χ1v) is 9.02. The van der Waals surface area contributed by atoms with Gasteiger partial charge < -0.3 is 15.4 Å². The van der Waals surface area contributed by atoms with Crippen molar-refractivity contribution >= 4 is 17.4 Å². The third-order valence-corrected chi connectivity index (χ3v) is 3.90. The van der Waals surface area contributed by atoms with Crippen LogP contribution in [0.4, 0.5) is 15.9 Å². The Morgan fingerprint density at radius 3 is 2.61 bits per heavy atom. The van der Waals surface area contributed by atoms with E-state index in [0.29, 0.717) is 23.7 Å². The van der Waals surface area contributed by atoms with E-state index < -0.39 is 0 Å². The lowest BCUT2D eigenvalue weighted by molar-refractivity contribution is 0.0951. The maximum absolute atomic E-state index is 13.0. The van der Waals surface area contributed by atoms with Gasteiger partial charge in [-0.3, -0.25) is 4.79 Å². The van der Waals surface area contributed by atoms with E-state index in [9.17, 15) is 9.18 Å². The van der Waals surface area contributed by atoms with Crippen molar-refractivity contribution in [1.82, 2.24) is 10.3 Å². The summed E-state index contributed by atoms with van der Waals surface area (Å²) in [6.45, 7) is 4.23. The maximum Gasteiger partial charge on any atom is 0.251 e. The largest absolute Gasteiger partial charge is 0.489 e. The number of para-hydroxylation sites is 2. The molecule has 144 valence electrons. The fourth-order valence-electron chi connectivity index (χ4n) is 2.59. The zero-order valence-corrected chi connectivity index (χ0v) is 15.8. The second-order valence-electron chi connectivity index (χ2n) is 6.53. The van der Waals surface area contributed by atoms with E-state index in [2.05, 4.69) is 15.6 Å². The first-order valence-electron chi connectivity index (χ1n) is 9.02. The van der Waals surface area contributed by atoms with Crippen LogP contribution in [0.5, 0.6) is 5.75 Å². The number of ether oxygens (including phenoxy) is 1. The number of nitrogens with zero attached hydrogens (tertiary/aromatic N) is 1. The third-order valence-electron chi connectivity index (χ3n) is 3.90. The summed E-state index contributed by atoms with van der Waals surface area (Å²) in [7, 11) is 0. The van der Waals surface area contributed by atoms with Gasteiger partial charge in [0.1, 0.15) is 17.4 Å². The van der Waals surface area contributed by atoms with Gasteiger partial charge in [0.05, 0.1) is 11.8 Å². The second-order valence-corrected chi connectivity index (χ2v) is 6.53. The molecule has 1 heterocycles. The standard InChI is InChI=1S/C22H22FN3O2/c1-15(2)28-20-6-4-3-5-19(20)26-21-13-17(11-12-24-21)22(27)25-14-16-7-9-18(23)10-8-16/h3-13,15H,14H2,1-2H3,(H,24,26)(H,25,27). The highest BCUT2D eigenvalue weighted by molar-refractivity contribution is 5.94. The molecule has 0 aliphatic carbocycles. The van der Waals surface area contributed by atoms with Crippen molar-refractivity contribution in [1.29, 1.82) is 0 Å². The van der Waals surface area contributed by atoms with Crippen LogP contribution in [-0.4, -0.2) is 17.0 Å². The molecule has 6 heteroatoms. The fraction of sp³-hybridized carbons (Fsp3) is 0.182. The zero-order valence-electron chi connectivity index (χ0n) is 15.8. The SMILES string of the molecule is CC(C)Oc1ccccc1Nc1cc(C(=O)NCc2ccc(F)cc2)ccn1. The lowest BCUT2D eigenvalue weighted by atomic mass is 10.2. The Bertz CT molecular complexity index is 943. The number of benzene rings is 2. The Labute approximate surface area is 163 Å². The summed E-state index contributed by atoms with van der Waals surface area (Å²) in [4.78, 5) is 16.7. The molecule has 3 aromatic rings. The molecule has 0 unspecified atom stereocenters. The normalized spacial score (nSPS) is 10.6. The number of pyridine rings is 1. The minimum Gasteiger partial charge on any atom is -0.489 e. The predicted octanol–water partition coefficient (Wildman–Crippen LogP) is 4.68. The molecule has 1 amide bonds. The van der Waals surface area contributed by atoms with Gasteiger partial charge in [-0.2, -0.15) is 0 Å². The number of carbonyl (C=O) groups is 1. The molecular weight excluding hydrogens is 357 g/mol. The van der Waals surface area contributed by atoms with Crippen molar-refractivity contribution in [2.24, 2.45) is 0 Å². The molecule has 3 rings (SSSR count). The van der Waals surface area contributed by atoms with Gasteiger partial charge in [-0.05, 0) is 55.8 Å². The number of nitrogens with one attached hydrogen (secondary N) is 2. The van der Waals surface area contributed by atoms with Crippen molar-refractivity contribution in [2.75, 3.05) is 5.32 Å². The third kappa shape index (κ3) is 5.30. The van der Waals surface area contributed by atoms with E-state index >= 15 is 0 Å². The quantitative estimate of drug-likeness (QED) is 0.626. The highest BCUT2D eigenvalue weighted by Crippen LogP contribution is 2.27. The molecule has 2 aromatic carbocycles. The molecule has 0 radical (unpaired) electrons. The van der Waals surface area contributed by atoms with Gasteiger partial charge in [0.2, 0.25) is 0 Å². The van der Waals surface area contributed by atoms with Crippen molar-refractivity contribution in [2.45, 2.75) is 26.5 Å². The number of halogens is 1. The van der Waals surface area contributed by atoms with Crippen LogP contribution in [0.2, 0.25) is 0 Å². The minimum absolute atomic E-state index is 0.0412. The van der Waals surface area contributed by atoms with Crippen LogP contribution in [0.3, 0.4) is 0 Å². The molecule has 28 heavy (non-hydrogen) atoms. The van der Waals surface area contributed by atoms with Crippen molar-refractivity contribution < 1.29 is 13.9 Å². The van der Waals surface area contributed by atoms with Crippen LogP contribution in [0, 0.1) is 5.82 Å². The van der Waals surface area contributed by atoms with Gasteiger partial charge in [-0.15, -0.1) is 0 Å². The Kier molecular flexibility index (Phi) is 6.22. The smallest absolute Gasteiger partial charge is 0.251 e. The monoisotopic (exact) mass is 379 g/mol. The van der Waals surface area contributed by atoms with Gasteiger partial charge >= 0.3 is 0 Å². The van der Waals surface area contributed by atoms with Gasteiger partial charge in [0.15, 0.2) is 0 Å². The number of carbonyl (C=O) groups excluding carboxylic acids is 1. The van der Waals surface area contributed by atoms with Crippen molar-refractivity contribution in [3.05, 3.63) is 83.8 Å². The van der Waals surface area contributed by atoms with Crippen LogP contribution >= 0.6 is 0 Å². The van der Waals surface area contributed by atoms with E-state index in [-0.39, 0.29) is 17.8 Å². The highest BCUT2D eigenvalue weighted by Gasteiger charge is 2.09. The summed E-state index contributed by atoms with van der Waals surface area (Å²) in [6.07, 6.45) is 1.61. The summed E-state index contributed by atoms with van der Waals surface area (Å²) in [5.74, 6) is 0.711. The Morgan fingerprint density at radius 2 is 1.86 bits per heavy atom. The number of anilines is 2. The average Bonchev–Trinajstić information content (AvgIpc) is 2.69. The number of amides is 1. The van der Waals surface area contributed by atoms with E-state index in [0.717, 1.165) is 11.3 Å². The molecule has 1 aromatic heterocycles. The van der Waals surface area contributed by atoms with Gasteiger partial charge in [-0.25, -0.2) is 9.37 Å². The number of hydrogen-bond donors (Lipinski definition) is 2. The maximum atomic E-state index is 13.0. The Balaban J connectivity index is 1.68. The van der Waals surface area contributed by atoms with Crippen LogP contribution in [0.15, 0.2) is 66.9 Å². The van der Waals surface area contributed by atoms with E-state index in [1.165, 1.54) is 12.1 Å². The minimum atomic E-state index is -0.304. The highest BCUT2D eigenvalue weighted by atomic mass is 19.1. The molecule has 0 saturated carbocycles. The first-order chi connectivity index (χ1) is 13.5. The molecule has 5 nitrogen and oxygen atoms in total. The van der Waals surface area contributed by atoms with Crippen LogP contribution in [-0.2, 0) is 6.54 Å². The lowest BCUT2D eigenvalue weighted by Crippen LogP contribution is -2.22. The topological polar surface area (TPSA) is 63.2 Å². The summed E-state index contributed by atoms with van der Waals surface area (Å²) in [5, 5.41) is 6.02. The van der Waals surface area contributed by atoms with Crippen LogP contribution < -0.4 is 15.4 Å². The van der Waals surface area contributed by atoms with E-state index in [4.69, 9.17) is 4.74 Å². The lowest BCUT2D eigenvalue weighted by Gasteiger charge is -2.15. The molecule has 0 bridgehead atoms. The number of rotatable bonds is 7. The Hall–Kier alpha value is -3.41. The van der Waals surface area contributed by atoms with E-state index in [1.807, 2.05) is 38.1 Å². The average molecular weight is 379 g/mol. The summed E-state index contributed by atoms with van der Waals surface area (Å²) < 4.78 is 18.8. The molecule has 2 N–H and O–H groups in total. The van der Waals surface area contributed by atoms with Crippen molar-refractivity contribution in [3.63, 3.8) is 0 Å². The molecular formula is C22H22FN3O2. The van der Waals surface area contributed by atoms with Crippen LogP contribution in [0.25, 0.3) is 0 Å². The number of aromatic nitrogens is 1. The summed E-state index contributed by atoms with van der Waals surface area (Å²) in [6, 6.07) is 16.9.